The topological polar surface area (TPSA) is 20.2 Å². The molecular weight excluding hydrogens is 163 g/mol. The third-order valence-corrected chi connectivity index (χ3v) is 1.85. The molecule has 0 fully saturated rings. The van der Waals surface area contributed by atoms with Crippen LogP contribution in [-0.4, -0.2) is 5.11 Å². The molecule has 1 atom stereocenters. The number of halogens is 1. The molecule has 0 aromatic heterocycles. The van der Waals surface area contributed by atoms with Crippen molar-refractivity contribution in [3.05, 3.63) is 29.6 Å². The number of aliphatic hydroxyl groups is 1. The fraction of sp³-hybridized carbons (Fsp3) is 0.250. The van der Waals surface area contributed by atoms with Gasteiger partial charge in [0.1, 0.15) is 5.82 Å². The first-order valence-corrected chi connectivity index (χ1v) is 3.72. The average Bonchev–Trinajstić information content (AvgIpc) is 1.94. The highest BCUT2D eigenvalue weighted by atomic mass is 32.1. The van der Waals surface area contributed by atoms with Gasteiger partial charge in [-0.05, 0) is 30.7 Å². The van der Waals surface area contributed by atoms with Gasteiger partial charge in [-0.2, -0.15) is 0 Å². The number of hydrogen-bond acceptors (Lipinski definition) is 2. The van der Waals surface area contributed by atoms with Crippen LogP contribution in [0.4, 0.5) is 4.39 Å². The number of hydrogen-bond donors (Lipinski definition) is 2. The second kappa shape index (κ2) is 3.24. The van der Waals surface area contributed by atoms with E-state index in [1.54, 1.807) is 6.92 Å². The van der Waals surface area contributed by atoms with Gasteiger partial charge in [0.15, 0.2) is 0 Å². The van der Waals surface area contributed by atoms with Crippen molar-refractivity contribution in [2.75, 3.05) is 0 Å². The fourth-order valence-corrected chi connectivity index (χ4v) is 1.19. The average molecular weight is 172 g/mol. The van der Waals surface area contributed by atoms with Crippen LogP contribution < -0.4 is 0 Å². The molecule has 1 N–H and O–H groups in total. The van der Waals surface area contributed by atoms with E-state index in [4.69, 9.17) is 5.11 Å². The quantitative estimate of drug-likeness (QED) is 0.622. The summed E-state index contributed by atoms with van der Waals surface area (Å²) in [5.41, 5.74) is 0.522. The lowest BCUT2D eigenvalue weighted by Gasteiger charge is -2.06. The van der Waals surface area contributed by atoms with E-state index in [2.05, 4.69) is 12.6 Å². The van der Waals surface area contributed by atoms with Crippen LogP contribution >= 0.6 is 12.6 Å². The lowest BCUT2D eigenvalue weighted by molar-refractivity contribution is 0.196. The second-order valence-electron chi connectivity index (χ2n) is 2.38. The summed E-state index contributed by atoms with van der Waals surface area (Å²) in [5, 5.41) is 9.11. The molecule has 60 valence electrons. The van der Waals surface area contributed by atoms with Crippen LogP contribution in [0.1, 0.15) is 18.6 Å². The van der Waals surface area contributed by atoms with Crippen molar-refractivity contribution in [1.29, 1.82) is 0 Å². The van der Waals surface area contributed by atoms with Gasteiger partial charge >= 0.3 is 0 Å². The Morgan fingerprint density at radius 3 is 2.64 bits per heavy atom. The molecule has 3 heteroatoms. The first-order valence-electron chi connectivity index (χ1n) is 3.27. The van der Waals surface area contributed by atoms with E-state index in [1.807, 2.05) is 0 Å². The summed E-state index contributed by atoms with van der Waals surface area (Å²) in [7, 11) is 0. The van der Waals surface area contributed by atoms with Crippen molar-refractivity contribution in [2.24, 2.45) is 0 Å². The largest absolute Gasteiger partial charge is 0.389 e. The normalized spacial score (nSPS) is 13.1. The van der Waals surface area contributed by atoms with Crippen molar-refractivity contribution in [1.82, 2.24) is 0 Å². The summed E-state index contributed by atoms with van der Waals surface area (Å²) in [6, 6.07) is 4.13. The number of rotatable bonds is 1. The van der Waals surface area contributed by atoms with E-state index < -0.39 is 6.10 Å². The van der Waals surface area contributed by atoms with Crippen molar-refractivity contribution in [3.63, 3.8) is 0 Å². The van der Waals surface area contributed by atoms with Crippen molar-refractivity contribution >= 4 is 12.6 Å². The number of aliphatic hydroxyl groups excluding tert-OH is 1. The number of thiol groups is 1. The highest BCUT2D eigenvalue weighted by Gasteiger charge is 2.05. The van der Waals surface area contributed by atoms with E-state index >= 15 is 0 Å². The van der Waals surface area contributed by atoms with Gasteiger partial charge in [0.2, 0.25) is 0 Å². The maximum absolute atomic E-state index is 12.6. The summed E-state index contributed by atoms with van der Waals surface area (Å²) in [4.78, 5) is 0.612. The Morgan fingerprint density at radius 2 is 2.18 bits per heavy atom. The van der Waals surface area contributed by atoms with Gasteiger partial charge in [-0.25, -0.2) is 4.39 Å². The second-order valence-corrected chi connectivity index (χ2v) is 2.86. The predicted octanol–water partition coefficient (Wildman–Crippen LogP) is 2.17. The van der Waals surface area contributed by atoms with Gasteiger partial charge in [0.05, 0.1) is 6.10 Å². The maximum atomic E-state index is 12.6. The molecule has 1 nitrogen and oxygen atoms in total. The van der Waals surface area contributed by atoms with Crippen LogP contribution in [0.2, 0.25) is 0 Å². The molecule has 0 aliphatic heterocycles. The predicted molar refractivity (Wildman–Crippen MR) is 44.3 cm³/mol. The molecule has 0 saturated heterocycles. The molecule has 0 saturated carbocycles. The monoisotopic (exact) mass is 172 g/mol. The zero-order chi connectivity index (χ0) is 8.43. The van der Waals surface area contributed by atoms with Gasteiger partial charge in [0, 0.05) is 4.90 Å². The van der Waals surface area contributed by atoms with E-state index in [-0.39, 0.29) is 5.82 Å². The van der Waals surface area contributed by atoms with Crippen LogP contribution in [0.25, 0.3) is 0 Å². The zero-order valence-electron chi connectivity index (χ0n) is 6.08. The molecule has 0 bridgehead atoms. The Morgan fingerprint density at radius 1 is 1.55 bits per heavy atom. The summed E-state index contributed by atoms with van der Waals surface area (Å²) in [6.07, 6.45) is -0.668. The maximum Gasteiger partial charge on any atom is 0.123 e. The summed E-state index contributed by atoms with van der Waals surface area (Å²) in [6.45, 7) is 1.58. The SMILES string of the molecule is C[C@@H](O)c1cc(F)ccc1S. The minimum absolute atomic E-state index is 0.348. The summed E-state index contributed by atoms with van der Waals surface area (Å²) >= 11 is 4.06. The van der Waals surface area contributed by atoms with E-state index in [0.717, 1.165) is 0 Å². The first kappa shape index (κ1) is 8.56. The molecule has 0 spiro atoms. The minimum atomic E-state index is -0.668. The van der Waals surface area contributed by atoms with Crippen LogP contribution in [0.3, 0.4) is 0 Å². The Balaban J connectivity index is 3.13. The molecule has 11 heavy (non-hydrogen) atoms. The smallest absolute Gasteiger partial charge is 0.123 e. The van der Waals surface area contributed by atoms with Gasteiger partial charge < -0.3 is 5.11 Å². The van der Waals surface area contributed by atoms with Gasteiger partial charge in [-0.3, -0.25) is 0 Å². The number of benzene rings is 1. The van der Waals surface area contributed by atoms with Crippen molar-refractivity contribution in [2.45, 2.75) is 17.9 Å². The van der Waals surface area contributed by atoms with Gasteiger partial charge in [-0.15, -0.1) is 12.6 Å². The Labute approximate surface area is 70.3 Å². The standard InChI is InChI=1S/C8H9FOS/c1-5(10)7-4-6(9)2-3-8(7)11/h2-5,10-11H,1H3/t5-/m1/s1. The van der Waals surface area contributed by atoms with Gasteiger partial charge in [0.25, 0.3) is 0 Å². The fourth-order valence-electron chi connectivity index (χ4n) is 0.860. The molecule has 0 heterocycles. The molecule has 1 aromatic rings. The highest BCUT2D eigenvalue weighted by Crippen LogP contribution is 2.21. The lowest BCUT2D eigenvalue weighted by Crippen LogP contribution is -1.93. The molecule has 0 radical (unpaired) electrons. The van der Waals surface area contributed by atoms with Crippen LogP contribution in [0, 0.1) is 5.82 Å². The molecule has 1 aromatic carbocycles. The first-order chi connectivity index (χ1) is 5.11. The molecule has 0 unspecified atom stereocenters. The Hall–Kier alpha value is -0.540. The van der Waals surface area contributed by atoms with E-state index in [1.165, 1.54) is 18.2 Å². The zero-order valence-corrected chi connectivity index (χ0v) is 6.98. The molecule has 0 amide bonds. The van der Waals surface area contributed by atoms with Gasteiger partial charge in [-0.1, -0.05) is 0 Å². The highest BCUT2D eigenvalue weighted by molar-refractivity contribution is 7.80. The molecule has 1 rings (SSSR count). The third-order valence-electron chi connectivity index (χ3n) is 1.44. The van der Waals surface area contributed by atoms with E-state index in [9.17, 15) is 4.39 Å². The Kier molecular flexibility index (Phi) is 2.52. The molecule has 0 aliphatic rings. The van der Waals surface area contributed by atoms with Crippen molar-refractivity contribution < 1.29 is 9.50 Å². The lowest BCUT2D eigenvalue weighted by atomic mass is 10.1. The Bertz CT molecular complexity index is 260. The summed E-state index contributed by atoms with van der Waals surface area (Å²) in [5.74, 6) is -0.348. The van der Waals surface area contributed by atoms with E-state index in [0.29, 0.717) is 10.5 Å². The third kappa shape index (κ3) is 1.94. The van der Waals surface area contributed by atoms with Crippen LogP contribution in [-0.2, 0) is 0 Å². The van der Waals surface area contributed by atoms with Crippen LogP contribution in [0.15, 0.2) is 23.1 Å². The van der Waals surface area contributed by atoms with Crippen LogP contribution in [0.5, 0.6) is 0 Å². The minimum Gasteiger partial charge on any atom is -0.389 e. The summed E-state index contributed by atoms with van der Waals surface area (Å²) < 4.78 is 12.6. The molecular formula is C8H9FOS. The molecule has 0 aliphatic carbocycles. The van der Waals surface area contributed by atoms with Crippen molar-refractivity contribution in [3.8, 4) is 0 Å².